The number of aromatic amines is 1. The van der Waals surface area contributed by atoms with E-state index in [1.54, 1.807) is 6.07 Å². The Kier molecular flexibility index (Phi) is 4.05. The van der Waals surface area contributed by atoms with E-state index in [9.17, 15) is 9.59 Å². The molecule has 0 unspecified atom stereocenters. The second kappa shape index (κ2) is 6.31. The number of para-hydroxylation sites is 1. The molecule has 0 saturated carbocycles. The summed E-state index contributed by atoms with van der Waals surface area (Å²) in [6.07, 6.45) is 0.338. The third-order valence-electron chi connectivity index (χ3n) is 3.62. The molecular formula is C17H16N4O2. The lowest BCUT2D eigenvalue weighted by Gasteiger charge is -2.15. The first-order chi connectivity index (χ1) is 11.1. The number of nitrogens with zero attached hydrogens (tertiary/aromatic N) is 1. The molecule has 3 rings (SSSR count). The van der Waals surface area contributed by atoms with E-state index >= 15 is 0 Å². The lowest BCUT2D eigenvalue weighted by atomic mass is 10.1. The lowest BCUT2D eigenvalue weighted by molar-refractivity contribution is -0.119. The van der Waals surface area contributed by atoms with Gasteiger partial charge in [-0.3, -0.25) is 14.7 Å². The number of nitrogens with two attached hydrogens (primary N) is 1. The number of rotatable bonds is 5. The van der Waals surface area contributed by atoms with Crippen molar-refractivity contribution in [3.63, 3.8) is 0 Å². The Hall–Kier alpha value is -3.15. The number of hydrogen-bond acceptors (Lipinski definition) is 3. The Bertz CT molecular complexity index is 842. The van der Waals surface area contributed by atoms with Gasteiger partial charge < -0.3 is 11.1 Å². The van der Waals surface area contributed by atoms with Gasteiger partial charge in [-0.25, -0.2) is 0 Å². The van der Waals surface area contributed by atoms with Gasteiger partial charge in [-0.1, -0.05) is 48.5 Å². The van der Waals surface area contributed by atoms with Gasteiger partial charge in [-0.15, -0.1) is 0 Å². The van der Waals surface area contributed by atoms with Crippen LogP contribution < -0.4 is 11.1 Å². The SMILES string of the molecule is NC(=O)[C@H](Cc1ccccc1)NC(=O)c1n[nH]c2ccccc12. The van der Waals surface area contributed by atoms with Crippen LogP contribution in [0.5, 0.6) is 0 Å². The van der Waals surface area contributed by atoms with Gasteiger partial charge in [-0.05, 0) is 11.6 Å². The number of carbonyl (C=O) groups is 2. The second-order valence-electron chi connectivity index (χ2n) is 5.24. The Labute approximate surface area is 132 Å². The van der Waals surface area contributed by atoms with Crippen LogP contribution in [0, 0.1) is 0 Å². The molecule has 0 aliphatic rings. The van der Waals surface area contributed by atoms with Gasteiger partial charge in [0.15, 0.2) is 5.69 Å². The molecule has 0 bridgehead atoms. The number of primary amides is 1. The second-order valence-corrected chi connectivity index (χ2v) is 5.24. The highest BCUT2D eigenvalue weighted by Gasteiger charge is 2.22. The van der Waals surface area contributed by atoms with Crippen LogP contribution in [0.3, 0.4) is 0 Å². The van der Waals surface area contributed by atoms with E-state index in [4.69, 9.17) is 5.73 Å². The molecule has 0 aliphatic carbocycles. The molecule has 0 fully saturated rings. The maximum absolute atomic E-state index is 12.4. The first-order valence-corrected chi connectivity index (χ1v) is 7.22. The van der Waals surface area contributed by atoms with Gasteiger partial charge in [0.05, 0.1) is 5.52 Å². The number of amides is 2. The van der Waals surface area contributed by atoms with Crippen LogP contribution in [0.4, 0.5) is 0 Å². The molecule has 1 aromatic heterocycles. The molecule has 4 N–H and O–H groups in total. The zero-order valence-electron chi connectivity index (χ0n) is 12.3. The van der Waals surface area contributed by atoms with Crippen LogP contribution in [0.25, 0.3) is 10.9 Å². The minimum absolute atomic E-state index is 0.250. The summed E-state index contributed by atoms with van der Waals surface area (Å²) in [5, 5.41) is 10.2. The summed E-state index contributed by atoms with van der Waals surface area (Å²) >= 11 is 0. The van der Waals surface area contributed by atoms with Gasteiger partial charge in [0.1, 0.15) is 6.04 Å². The summed E-state index contributed by atoms with van der Waals surface area (Å²) in [4.78, 5) is 24.1. The average molecular weight is 308 g/mol. The van der Waals surface area contributed by atoms with Crippen molar-refractivity contribution in [3.8, 4) is 0 Å². The predicted molar refractivity (Wildman–Crippen MR) is 86.7 cm³/mol. The van der Waals surface area contributed by atoms with Crippen LogP contribution in [-0.2, 0) is 11.2 Å². The molecule has 6 nitrogen and oxygen atoms in total. The van der Waals surface area contributed by atoms with E-state index < -0.39 is 17.9 Å². The standard InChI is InChI=1S/C17H16N4O2/c18-16(22)14(10-11-6-2-1-3-7-11)19-17(23)15-12-8-4-5-9-13(12)20-21-15/h1-9,14H,10H2,(H2,18,22)(H,19,23)(H,20,21)/t14-/m0/s1. The topological polar surface area (TPSA) is 101 Å². The molecule has 0 saturated heterocycles. The molecule has 3 aromatic rings. The molecule has 0 radical (unpaired) electrons. The molecule has 23 heavy (non-hydrogen) atoms. The number of hydrogen-bond donors (Lipinski definition) is 3. The molecule has 116 valence electrons. The largest absolute Gasteiger partial charge is 0.368 e. The van der Waals surface area contributed by atoms with Gasteiger partial charge >= 0.3 is 0 Å². The van der Waals surface area contributed by atoms with Crippen molar-refractivity contribution in [3.05, 3.63) is 65.9 Å². The van der Waals surface area contributed by atoms with Crippen LogP contribution in [0.2, 0.25) is 0 Å². The van der Waals surface area contributed by atoms with Gasteiger partial charge in [0.25, 0.3) is 5.91 Å². The van der Waals surface area contributed by atoms with E-state index in [-0.39, 0.29) is 5.69 Å². The summed E-state index contributed by atoms with van der Waals surface area (Å²) < 4.78 is 0. The molecule has 6 heteroatoms. The highest BCUT2D eigenvalue weighted by atomic mass is 16.2. The van der Waals surface area contributed by atoms with Crippen molar-refractivity contribution in [2.24, 2.45) is 5.73 Å². The highest BCUT2D eigenvalue weighted by molar-refractivity contribution is 6.05. The van der Waals surface area contributed by atoms with E-state index in [1.807, 2.05) is 48.5 Å². The smallest absolute Gasteiger partial charge is 0.273 e. The Morgan fingerprint density at radius 2 is 1.78 bits per heavy atom. The maximum Gasteiger partial charge on any atom is 0.273 e. The van der Waals surface area contributed by atoms with Crippen molar-refractivity contribution < 1.29 is 9.59 Å². The minimum Gasteiger partial charge on any atom is -0.368 e. The first-order valence-electron chi connectivity index (χ1n) is 7.22. The zero-order chi connectivity index (χ0) is 16.2. The van der Waals surface area contributed by atoms with E-state index in [1.165, 1.54) is 0 Å². The third kappa shape index (κ3) is 3.21. The molecule has 1 atom stereocenters. The molecule has 1 heterocycles. The van der Waals surface area contributed by atoms with Gasteiger partial charge in [-0.2, -0.15) is 5.10 Å². The summed E-state index contributed by atoms with van der Waals surface area (Å²) in [6, 6.07) is 15.9. The number of H-pyrrole nitrogens is 1. The quantitative estimate of drug-likeness (QED) is 0.664. The molecule has 0 spiro atoms. The Balaban J connectivity index is 1.80. The highest BCUT2D eigenvalue weighted by Crippen LogP contribution is 2.15. The summed E-state index contributed by atoms with van der Waals surface area (Å²) in [7, 11) is 0. The lowest BCUT2D eigenvalue weighted by Crippen LogP contribution is -2.46. The number of aromatic nitrogens is 2. The number of carbonyl (C=O) groups excluding carboxylic acids is 2. The van der Waals surface area contributed by atoms with Crippen molar-refractivity contribution in [1.82, 2.24) is 15.5 Å². The van der Waals surface area contributed by atoms with Crippen LogP contribution in [0.1, 0.15) is 16.1 Å². The Morgan fingerprint density at radius 1 is 1.09 bits per heavy atom. The van der Waals surface area contributed by atoms with Crippen molar-refractivity contribution >= 4 is 22.7 Å². The summed E-state index contributed by atoms with van der Waals surface area (Å²) in [5.41, 5.74) is 7.35. The number of benzene rings is 2. The van der Waals surface area contributed by atoms with Gasteiger partial charge in [0.2, 0.25) is 5.91 Å². The molecule has 0 aliphatic heterocycles. The first kappa shape index (κ1) is 14.8. The monoisotopic (exact) mass is 308 g/mol. The normalized spacial score (nSPS) is 12.0. The third-order valence-corrected chi connectivity index (χ3v) is 3.62. The van der Waals surface area contributed by atoms with Crippen molar-refractivity contribution in [2.75, 3.05) is 0 Å². The van der Waals surface area contributed by atoms with Gasteiger partial charge in [0, 0.05) is 11.8 Å². The van der Waals surface area contributed by atoms with Crippen molar-refractivity contribution in [2.45, 2.75) is 12.5 Å². The minimum atomic E-state index is -0.791. The fourth-order valence-electron chi connectivity index (χ4n) is 2.44. The summed E-state index contributed by atoms with van der Waals surface area (Å²) in [6.45, 7) is 0. The zero-order valence-corrected chi connectivity index (χ0v) is 12.3. The van der Waals surface area contributed by atoms with Crippen LogP contribution >= 0.6 is 0 Å². The fraction of sp³-hybridized carbons (Fsp3) is 0.118. The van der Waals surface area contributed by atoms with Crippen LogP contribution in [0.15, 0.2) is 54.6 Å². The van der Waals surface area contributed by atoms with Crippen molar-refractivity contribution in [1.29, 1.82) is 0 Å². The van der Waals surface area contributed by atoms with E-state index in [2.05, 4.69) is 15.5 Å². The Morgan fingerprint density at radius 3 is 2.52 bits per heavy atom. The molecular weight excluding hydrogens is 292 g/mol. The predicted octanol–water partition coefficient (Wildman–Crippen LogP) is 1.39. The van der Waals surface area contributed by atoms with E-state index in [0.717, 1.165) is 11.1 Å². The molecule has 2 aromatic carbocycles. The molecule has 2 amide bonds. The average Bonchev–Trinajstić information content (AvgIpc) is 2.99. The maximum atomic E-state index is 12.4. The fourth-order valence-corrected chi connectivity index (χ4v) is 2.44. The number of fused-ring (bicyclic) bond motifs is 1. The van der Waals surface area contributed by atoms with Crippen LogP contribution in [-0.4, -0.2) is 28.1 Å². The number of nitrogens with one attached hydrogen (secondary N) is 2. The van der Waals surface area contributed by atoms with E-state index in [0.29, 0.717) is 11.8 Å². The summed E-state index contributed by atoms with van der Waals surface area (Å²) in [5.74, 6) is -1.01.